The van der Waals surface area contributed by atoms with E-state index in [1.807, 2.05) is 23.6 Å². The van der Waals surface area contributed by atoms with Crippen molar-refractivity contribution in [3.63, 3.8) is 0 Å². The number of aromatic nitrogens is 1. The van der Waals surface area contributed by atoms with Gasteiger partial charge in [-0.2, -0.15) is 9.67 Å². The summed E-state index contributed by atoms with van der Waals surface area (Å²) in [5.74, 6) is 0.0290. The van der Waals surface area contributed by atoms with Crippen LogP contribution in [0.5, 0.6) is 0 Å². The summed E-state index contributed by atoms with van der Waals surface area (Å²) in [5.41, 5.74) is 3.31. The van der Waals surface area contributed by atoms with E-state index in [0.29, 0.717) is 6.54 Å². The summed E-state index contributed by atoms with van der Waals surface area (Å²) < 4.78 is 2.03. The first-order chi connectivity index (χ1) is 13.2. The third-order valence-corrected chi connectivity index (χ3v) is 6.76. The highest BCUT2D eigenvalue weighted by atomic mass is 32.1. The molecular formula is C21H22N3OS2+. The fraction of sp³-hybridized carbons (Fsp3) is 0.286. The van der Waals surface area contributed by atoms with Crippen molar-refractivity contribution in [2.45, 2.75) is 39.3 Å². The smallest absolute Gasteiger partial charge is 0.265 e. The van der Waals surface area contributed by atoms with E-state index in [1.54, 1.807) is 27.7 Å². The molecule has 0 unspecified atom stereocenters. The van der Waals surface area contributed by atoms with Gasteiger partial charge in [-0.25, -0.2) is 5.01 Å². The Morgan fingerprint density at radius 2 is 2.04 bits per heavy atom. The summed E-state index contributed by atoms with van der Waals surface area (Å²) in [6.45, 7) is 4.47. The minimum Gasteiger partial charge on any atom is -0.265 e. The average Bonchev–Trinajstić information content (AvgIpc) is 3.42. The summed E-state index contributed by atoms with van der Waals surface area (Å²) in [7, 11) is 0. The van der Waals surface area contributed by atoms with Crippen molar-refractivity contribution in [3.05, 3.63) is 74.4 Å². The van der Waals surface area contributed by atoms with E-state index >= 15 is 0 Å². The Labute approximate surface area is 167 Å². The number of thiophene rings is 2. The SMILES string of the molecule is CCc1ccc(C)[n+](CC(=O)N2N=C(c3cccs3)C[C@H]2c2cccs2)c1. The summed E-state index contributed by atoms with van der Waals surface area (Å²) >= 11 is 3.36. The maximum atomic E-state index is 13.2. The summed E-state index contributed by atoms with van der Waals surface area (Å²) in [6, 6.07) is 12.4. The van der Waals surface area contributed by atoms with Crippen LogP contribution in [0, 0.1) is 6.92 Å². The molecule has 0 N–H and O–H groups in total. The van der Waals surface area contributed by atoms with Gasteiger partial charge in [-0.1, -0.05) is 19.1 Å². The van der Waals surface area contributed by atoms with Crippen molar-refractivity contribution in [2.75, 3.05) is 0 Å². The zero-order valence-corrected chi connectivity index (χ0v) is 17.1. The van der Waals surface area contributed by atoms with Gasteiger partial charge >= 0.3 is 5.91 Å². The van der Waals surface area contributed by atoms with Gasteiger partial charge < -0.3 is 0 Å². The highest BCUT2D eigenvalue weighted by Gasteiger charge is 2.35. The highest BCUT2D eigenvalue weighted by Crippen LogP contribution is 2.35. The van der Waals surface area contributed by atoms with Crippen LogP contribution >= 0.6 is 22.7 Å². The second-order valence-electron chi connectivity index (χ2n) is 6.66. The molecule has 0 fully saturated rings. The fourth-order valence-corrected chi connectivity index (χ4v) is 4.83. The van der Waals surface area contributed by atoms with Gasteiger partial charge in [0.15, 0.2) is 11.9 Å². The van der Waals surface area contributed by atoms with Crippen LogP contribution in [0.4, 0.5) is 0 Å². The fourth-order valence-electron chi connectivity index (χ4n) is 3.30. The molecule has 1 aliphatic rings. The lowest BCUT2D eigenvalue weighted by Gasteiger charge is -2.19. The van der Waals surface area contributed by atoms with Crippen molar-refractivity contribution >= 4 is 34.3 Å². The lowest BCUT2D eigenvalue weighted by Crippen LogP contribution is -2.45. The first kappa shape index (κ1) is 18.1. The lowest BCUT2D eigenvalue weighted by molar-refractivity contribution is -0.691. The van der Waals surface area contributed by atoms with Gasteiger partial charge in [-0.3, -0.25) is 4.79 Å². The van der Waals surface area contributed by atoms with Crippen LogP contribution in [0.15, 0.2) is 58.5 Å². The van der Waals surface area contributed by atoms with E-state index in [9.17, 15) is 4.79 Å². The minimum absolute atomic E-state index is 0.00939. The molecule has 1 atom stereocenters. The van der Waals surface area contributed by atoms with Gasteiger partial charge in [0.1, 0.15) is 0 Å². The average molecular weight is 397 g/mol. The Morgan fingerprint density at radius 1 is 1.22 bits per heavy atom. The van der Waals surface area contributed by atoms with Crippen LogP contribution in [-0.2, 0) is 17.8 Å². The number of rotatable bonds is 5. The largest absolute Gasteiger partial charge is 0.309 e. The topological polar surface area (TPSA) is 36.5 Å². The maximum absolute atomic E-state index is 13.2. The molecule has 0 aliphatic carbocycles. The second kappa shape index (κ2) is 7.74. The number of amides is 1. The molecule has 3 aromatic heterocycles. The van der Waals surface area contributed by atoms with Gasteiger partial charge in [0.2, 0.25) is 6.54 Å². The van der Waals surface area contributed by atoms with Gasteiger partial charge in [0.25, 0.3) is 0 Å². The molecule has 6 heteroatoms. The van der Waals surface area contributed by atoms with E-state index < -0.39 is 0 Å². The number of hydrogen-bond donors (Lipinski definition) is 0. The molecule has 0 saturated carbocycles. The molecule has 3 aromatic rings. The first-order valence-electron chi connectivity index (χ1n) is 9.11. The molecule has 0 saturated heterocycles. The maximum Gasteiger partial charge on any atom is 0.309 e. The summed E-state index contributed by atoms with van der Waals surface area (Å²) in [5, 5.41) is 10.6. The van der Waals surface area contributed by atoms with Crippen LogP contribution in [0.3, 0.4) is 0 Å². The number of nitrogens with zero attached hydrogens (tertiary/aromatic N) is 3. The Balaban J connectivity index is 1.63. The quantitative estimate of drug-likeness (QED) is 0.591. The minimum atomic E-state index is -0.00939. The molecule has 27 heavy (non-hydrogen) atoms. The molecule has 4 rings (SSSR count). The van der Waals surface area contributed by atoms with E-state index in [4.69, 9.17) is 5.10 Å². The van der Waals surface area contributed by atoms with Crippen LogP contribution < -0.4 is 4.57 Å². The molecule has 4 nitrogen and oxygen atoms in total. The molecule has 0 radical (unpaired) electrons. The number of hydrazone groups is 1. The first-order valence-corrected chi connectivity index (χ1v) is 10.9. The van der Waals surface area contributed by atoms with Crippen molar-refractivity contribution in [2.24, 2.45) is 5.10 Å². The molecule has 0 bridgehead atoms. The highest BCUT2D eigenvalue weighted by molar-refractivity contribution is 7.12. The van der Waals surface area contributed by atoms with Gasteiger partial charge in [0, 0.05) is 29.9 Å². The Hall–Kier alpha value is -2.31. The van der Waals surface area contributed by atoms with E-state index in [2.05, 4.69) is 48.1 Å². The molecule has 0 aromatic carbocycles. The van der Waals surface area contributed by atoms with Crippen LogP contribution in [-0.4, -0.2) is 16.6 Å². The van der Waals surface area contributed by atoms with Gasteiger partial charge in [0.05, 0.1) is 16.6 Å². The van der Waals surface area contributed by atoms with Crippen LogP contribution in [0.1, 0.15) is 40.4 Å². The van der Waals surface area contributed by atoms with Crippen molar-refractivity contribution in [3.8, 4) is 0 Å². The standard InChI is InChI=1S/C21H22N3OS2/c1-3-16-9-8-15(2)23(13-16)14-21(25)24-18(20-7-5-11-27-20)12-17(22-24)19-6-4-10-26-19/h4-11,13,18H,3,12,14H2,1-2H3/q+1/t18-/m0/s1. The van der Waals surface area contributed by atoms with Crippen molar-refractivity contribution in [1.29, 1.82) is 0 Å². The number of carbonyl (C=O) groups excluding carboxylic acids is 1. The Morgan fingerprint density at radius 3 is 2.74 bits per heavy atom. The zero-order chi connectivity index (χ0) is 18.8. The number of carbonyl (C=O) groups is 1. The van der Waals surface area contributed by atoms with Crippen molar-refractivity contribution in [1.82, 2.24) is 5.01 Å². The Kier molecular flexibility index (Phi) is 5.18. The third-order valence-electron chi connectivity index (χ3n) is 4.87. The summed E-state index contributed by atoms with van der Waals surface area (Å²) in [4.78, 5) is 15.5. The van der Waals surface area contributed by atoms with E-state index in [0.717, 1.165) is 29.1 Å². The zero-order valence-electron chi connectivity index (χ0n) is 15.5. The third kappa shape index (κ3) is 3.73. The Bertz CT molecular complexity index is 961. The second-order valence-corrected chi connectivity index (χ2v) is 8.58. The van der Waals surface area contributed by atoms with E-state index in [1.165, 1.54) is 10.4 Å². The number of aryl methyl sites for hydroxylation is 2. The predicted octanol–water partition coefficient (Wildman–Crippen LogP) is 4.35. The van der Waals surface area contributed by atoms with Gasteiger partial charge in [-0.15, -0.1) is 22.7 Å². The monoisotopic (exact) mass is 396 g/mol. The summed E-state index contributed by atoms with van der Waals surface area (Å²) in [6.07, 6.45) is 3.80. The molecule has 0 spiro atoms. The molecule has 138 valence electrons. The number of hydrogen-bond acceptors (Lipinski definition) is 4. The van der Waals surface area contributed by atoms with Crippen LogP contribution in [0.2, 0.25) is 0 Å². The molecule has 4 heterocycles. The molecular weight excluding hydrogens is 374 g/mol. The molecule has 1 amide bonds. The van der Waals surface area contributed by atoms with Crippen LogP contribution in [0.25, 0.3) is 0 Å². The van der Waals surface area contributed by atoms with Crippen molar-refractivity contribution < 1.29 is 9.36 Å². The van der Waals surface area contributed by atoms with E-state index in [-0.39, 0.29) is 11.9 Å². The normalized spacial score (nSPS) is 16.6. The number of pyridine rings is 1. The predicted molar refractivity (Wildman–Crippen MR) is 110 cm³/mol. The lowest BCUT2D eigenvalue weighted by atomic mass is 10.1. The van der Waals surface area contributed by atoms with Gasteiger partial charge in [-0.05, 0) is 35.4 Å². The molecule has 1 aliphatic heterocycles.